The van der Waals surface area contributed by atoms with Gasteiger partial charge in [0.05, 0.1) is 18.2 Å². The first-order valence-corrected chi connectivity index (χ1v) is 10.6. The number of imide groups is 1. The average molecular weight is 424 g/mol. The Bertz CT molecular complexity index is 769. The monoisotopic (exact) mass is 424 g/mol. The number of benzene rings is 1. The minimum Gasteiger partial charge on any atom is -0.369 e. The Hall–Kier alpha value is -2.29. The Labute approximate surface area is 174 Å². The van der Waals surface area contributed by atoms with E-state index in [-0.39, 0.29) is 30.6 Å². The summed E-state index contributed by atoms with van der Waals surface area (Å²) in [6, 6.07) is 5.03. The molecule has 3 aliphatic rings. The summed E-state index contributed by atoms with van der Waals surface area (Å²) < 4.78 is 38.9. The van der Waals surface area contributed by atoms with Crippen molar-refractivity contribution in [2.75, 3.05) is 31.1 Å². The highest BCUT2D eigenvalue weighted by Gasteiger charge is 2.39. The maximum atomic E-state index is 13.0. The number of carbonyl (C=O) groups excluding carboxylic acids is 2. The van der Waals surface area contributed by atoms with Crippen LogP contribution < -0.4 is 10.2 Å². The highest BCUT2D eigenvalue weighted by atomic mass is 19.4. The molecular weight excluding hydrogens is 397 g/mol. The van der Waals surface area contributed by atoms with Gasteiger partial charge < -0.3 is 10.2 Å². The molecule has 3 fully saturated rings. The Balaban J connectivity index is 1.35. The van der Waals surface area contributed by atoms with Gasteiger partial charge in [-0.3, -0.25) is 14.6 Å². The van der Waals surface area contributed by atoms with Crippen LogP contribution in [0.4, 0.5) is 23.7 Å². The minimum atomic E-state index is -4.37. The lowest BCUT2D eigenvalue weighted by molar-refractivity contribution is -0.137. The summed E-state index contributed by atoms with van der Waals surface area (Å²) in [6.45, 7) is 2.21. The van der Waals surface area contributed by atoms with Gasteiger partial charge in [-0.1, -0.05) is 25.3 Å². The first kappa shape index (κ1) is 21.0. The molecule has 9 heteroatoms. The van der Waals surface area contributed by atoms with Crippen LogP contribution in [0.25, 0.3) is 0 Å². The molecular formula is C21H27F3N4O2. The fraction of sp³-hybridized carbons (Fsp3) is 0.619. The summed E-state index contributed by atoms with van der Waals surface area (Å²) in [4.78, 5) is 30.7. The number of rotatable bonds is 3. The maximum absolute atomic E-state index is 13.0. The Kier molecular flexibility index (Phi) is 5.90. The standard InChI is InChI=1S/C21H27F3N4O2/c22-21(23,24)15-5-4-8-17(13-15)26-9-11-27(12-10-26)18-14-19(29)28(20(30)25-18)16-6-2-1-3-7-16/h4-5,8,13,16,18H,1-3,6-7,9-12,14H2,(H,25,30). The molecule has 1 unspecified atom stereocenters. The van der Waals surface area contributed by atoms with Crippen LogP contribution in [0.3, 0.4) is 0 Å². The molecule has 1 N–H and O–H groups in total. The van der Waals surface area contributed by atoms with Crippen LogP contribution in [0.2, 0.25) is 0 Å². The molecule has 3 amide bonds. The summed E-state index contributed by atoms with van der Waals surface area (Å²) in [7, 11) is 0. The molecule has 0 spiro atoms. The van der Waals surface area contributed by atoms with Crippen molar-refractivity contribution in [3.05, 3.63) is 29.8 Å². The van der Waals surface area contributed by atoms with Crippen LogP contribution >= 0.6 is 0 Å². The van der Waals surface area contributed by atoms with E-state index in [9.17, 15) is 22.8 Å². The van der Waals surface area contributed by atoms with E-state index in [2.05, 4.69) is 5.32 Å². The van der Waals surface area contributed by atoms with Gasteiger partial charge >= 0.3 is 12.2 Å². The molecule has 4 rings (SSSR count). The van der Waals surface area contributed by atoms with Gasteiger partial charge in [-0.2, -0.15) is 13.2 Å². The van der Waals surface area contributed by atoms with Crippen LogP contribution in [-0.2, 0) is 11.0 Å². The van der Waals surface area contributed by atoms with Crippen molar-refractivity contribution < 1.29 is 22.8 Å². The zero-order valence-corrected chi connectivity index (χ0v) is 16.8. The van der Waals surface area contributed by atoms with E-state index in [4.69, 9.17) is 0 Å². The molecule has 1 aromatic carbocycles. The van der Waals surface area contributed by atoms with Crippen molar-refractivity contribution >= 4 is 17.6 Å². The number of carbonyl (C=O) groups is 2. The van der Waals surface area contributed by atoms with Crippen molar-refractivity contribution in [3.63, 3.8) is 0 Å². The van der Waals surface area contributed by atoms with Gasteiger partial charge in [0, 0.05) is 37.9 Å². The smallest absolute Gasteiger partial charge is 0.369 e. The molecule has 0 aromatic heterocycles. The predicted octanol–water partition coefficient (Wildman–Crippen LogP) is 3.43. The minimum absolute atomic E-state index is 0.00459. The van der Waals surface area contributed by atoms with E-state index < -0.39 is 11.7 Å². The van der Waals surface area contributed by atoms with E-state index >= 15 is 0 Å². The summed E-state index contributed by atoms with van der Waals surface area (Å²) in [6.07, 6.45) is 0.512. The summed E-state index contributed by atoms with van der Waals surface area (Å²) in [5.41, 5.74) is -0.118. The molecule has 0 bridgehead atoms. The second kappa shape index (κ2) is 8.45. The highest BCUT2D eigenvalue weighted by molar-refractivity contribution is 5.97. The number of hydrogen-bond acceptors (Lipinski definition) is 4. The van der Waals surface area contributed by atoms with E-state index in [1.807, 2.05) is 9.80 Å². The number of nitrogens with zero attached hydrogens (tertiary/aromatic N) is 3. The number of amides is 3. The topological polar surface area (TPSA) is 55.9 Å². The predicted molar refractivity (Wildman–Crippen MR) is 106 cm³/mol. The molecule has 2 heterocycles. The normalized spacial score (nSPS) is 24.8. The van der Waals surface area contributed by atoms with E-state index in [1.165, 1.54) is 17.0 Å². The number of urea groups is 1. The number of nitrogens with one attached hydrogen (secondary N) is 1. The second-order valence-electron chi connectivity index (χ2n) is 8.30. The molecule has 2 aliphatic heterocycles. The first-order valence-electron chi connectivity index (χ1n) is 10.6. The van der Waals surface area contributed by atoms with Crippen LogP contribution in [0.5, 0.6) is 0 Å². The Morgan fingerprint density at radius 1 is 0.967 bits per heavy atom. The lowest BCUT2D eigenvalue weighted by atomic mass is 9.93. The van der Waals surface area contributed by atoms with Crippen molar-refractivity contribution in [3.8, 4) is 0 Å². The molecule has 6 nitrogen and oxygen atoms in total. The number of piperazine rings is 1. The molecule has 1 aliphatic carbocycles. The summed E-state index contributed by atoms with van der Waals surface area (Å²) in [5.74, 6) is -0.129. The lowest BCUT2D eigenvalue weighted by Crippen LogP contribution is -2.64. The van der Waals surface area contributed by atoms with Gasteiger partial charge in [0.25, 0.3) is 0 Å². The fourth-order valence-corrected chi connectivity index (χ4v) is 4.74. The molecule has 1 atom stereocenters. The second-order valence-corrected chi connectivity index (χ2v) is 8.30. The van der Waals surface area contributed by atoms with E-state index in [1.54, 1.807) is 6.07 Å². The number of hydrogen-bond donors (Lipinski definition) is 1. The molecule has 1 aromatic rings. The average Bonchev–Trinajstić information content (AvgIpc) is 2.74. The molecule has 30 heavy (non-hydrogen) atoms. The largest absolute Gasteiger partial charge is 0.416 e. The van der Waals surface area contributed by atoms with Gasteiger partial charge in [0.1, 0.15) is 0 Å². The van der Waals surface area contributed by atoms with Gasteiger partial charge in [0.15, 0.2) is 0 Å². The SMILES string of the molecule is O=C1CC(N2CCN(c3cccc(C(F)(F)F)c3)CC2)NC(=O)N1C1CCCCC1. The molecule has 1 saturated carbocycles. The van der Waals surface area contributed by atoms with Crippen molar-refractivity contribution in [1.29, 1.82) is 0 Å². The number of anilines is 1. The molecule has 164 valence electrons. The zero-order chi connectivity index (χ0) is 21.3. The Morgan fingerprint density at radius 3 is 2.30 bits per heavy atom. The van der Waals surface area contributed by atoms with Crippen LogP contribution in [-0.4, -0.2) is 60.1 Å². The summed E-state index contributed by atoms with van der Waals surface area (Å²) >= 11 is 0. The third kappa shape index (κ3) is 4.40. The van der Waals surface area contributed by atoms with Gasteiger partial charge in [-0.05, 0) is 31.0 Å². The van der Waals surface area contributed by atoms with Crippen molar-refractivity contribution in [2.45, 2.75) is 56.9 Å². The highest BCUT2D eigenvalue weighted by Crippen LogP contribution is 2.32. The molecule has 0 radical (unpaired) electrons. The summed E-state index contributed by atoms with van der Waals surface area (Å²) in [5, 5.41) is 2.97. The quantitative estimate of drug-likeness (QED) is 0.808. The number of alkyl halides is 3. The van der Waals surface area contributed by atoms with Crippen molar-refractivity contribution in [2.24, 2.45) is 0 Å². The third-order valence-corrected chi connectivity index (χ3v) is 6.38. The van der Waals surface area contributed by atoms with E-state index in [0.717, 1.165) is 38.2 Å². The maximum Gasteiger partial charge on any atom is 0.416 e. The van der Waals surface area contributed by atoms with Gasteiger partial charge in [-0.25, -0.2) is 4.79 Å². The molecule has 2 saturated heterocycles. The van der Waals surface area contributed by atoms with Crippen LogP contribution in [0, 0.1) is 0 Å². The first-order chi connectivity index (χ1) is 14.3. The van der Waals surface area contributed by atoms with Crippen molar-refractivity contribution in [1.82, 2.24) is 15.1 Å². The van der Waals surface area contributed by atoms with E-state index in [0.29, 0.717) is 31.9 Å². The third-order valence-electron chi connectivity index (χ3n) is 6.38. The number of halogens is 3. The van der Waals surface area contributed by atoms with Gasteiger partial charge in [-0.15, -0.1) is 0 Å². The lowest BCUT2D eigenvalue weighted by Gasteiger charge is -2.44. The van der Waals surface area contributed by atoms with Crippen LogP contribution in [0.15, 0.2) is 24.3 Å². The Morgan fingerprint density at radius 2 is 1.67 bits per heavy atom. The fourth-order valence-electron chi connectivity index (χ4n) is 4.74. The zero-order valence-electron chi connectivity index (χ0n) is 16.8. The van der Waals surface area contributed by atoms with Gasteiger partial charge in [0.2, 0.25) is 5.91 Å². The van der Waals surface area contributed by atoms with Crippen LogP contribution in [0.1, 0.15) is 44.1 Å².